The molecule has 196 valence electrons. The van der Waals surface area contributed by atoms with Crippen LogP contribution in [0.3, 0.4) is 0 Å². The Morgan fingerprint density at radius 1 is 1.22 bits per heavy atom. The molecule has 0 bridgehead atoms. The van der Waals surface area contributed by atoms with Crippen LogP contribution < -0.4 is 15.8 Å². The normalized spacial score (nSPS) is 26.4. The number of benzene rings is 1. The number of carbonyl (C=O) groups excluding carboxylic acids is 2. The van der Waals surface area contributed by atoms with Gasteiger partial charge < -0.3 is 15.8 Å². The molecule has 8 nitrogen and oxygen atoms in total. The van der Waals surface area contributed by atoms with Crippen molar-refractivity contribution in [1.29, 1.82) is 0 Å². The second kappa shape index (κ2) is 9.47. The van der Waals surface area contributed by atoms with E-state index in [0.717, 1.165) is 29.7 Å². The number of nitrogens with two attached hydrogens (primary N) is 1. The number of nitrogens with zero attached hydrogens (tertiary/aromatic N) is 3. The number of amides is 2. The summed E-state index contributed by atoms with van der Waals surface area (Å²) in [6.45, 7) is 8.83. The second-order valence-electron chi connectivity index (χ2n) is 11.1. The second-order valence-corrected chi connectivity index (χ2v) is 11.1. The summed E-state index contributed by atoms with van der Waals surface area (Å²) in [5.41, 5.74) is 7.58. The molecule has 3 aliphatic rings. The van der Waals surface area contributed by atoms with Crippen LogP contribution in [0.1, 0.15) is 76.6 Å². The molecule has 5 rings (SSSR count). The Bertz CT molecular complexity index is 1210. The molecule has 0 saturated heterocycles. The zero-order valence-corrected chi connectivity index (χ0v) is 22.1. The SMILES string of the molecule is CCC1(CC)CC(=O)N(C(c2cccnc2)C2C(C(=O)N[C@H]3CCOc4ccccc43)C2(C)C)C(N)=N1. The number of guanidine groups is 1. The number of aromatic nitrogens is 1. The minimum atomic E-state index is -0.469. The van der Waals surface area contributed by atoms with E-state index in [9.17, 15) is 9.59 Å². The molecule has 1 fully saturated rings. The van der Waals surface area contributed by atoms with Gasteiger partial charge in [0.05, 0.1) is 30.7 Å². The number of rotatable bonds is 7. The Morgan fingerprint density at radius 2 is 1.97 bits per heavy atom. The van der Waals surface area contributed by atoms with Crippen LogP contribution >= 0.6 is 0 Å². The standard InChI is InChI=1S/C29H37N5O3/c1-5-29(6-2)16-22(35)34(27(30)33-29)25(18-10-9-14-31-17-18)23-24(28(23,3)4)26(36)32-20-13-15-37-21-12-8-7-11-19(20)21/h7-12,14,17,20,23-25H,5-6,13,15-16H2,1-4H3,(H2,30,33)(H,32,36)/t20-,23?,24?,25?/m0/s1. The Labute approximate surface area is 218 Å². The maximum Gasteiger partial charge on any atom is 0.232 e. The van der Waals surface area contributed by atoms with Gasteiger partial charge in [-0.1, -0.05) is 52.0 Å². The molecule has 1 aromatic heterocycles. The summed E-state index contributed by atoms with van der Waals surface area (Å²) >= 11 is 0. The van der Waals surface area contributed by atoms with E-state index >= 15 is 0 Å². The first-order valence-electron chi connectivity index (χ1n) is 13.3. The lowest BCUT2D eigenvalue weighted by molar-refractivity contribution is -0.132. The van der Waals surface area contributed by atoms with Crippen molar-refractivity contribution in [1.82, 2.24) is 15.2 Å². The number of hydrogen-bond donors (Lipinski definition) is 2. The van der Waals surface area contributed by atoms with Crippen molar-refractivity contribution >= 4 is 17.8 Å². The highest BCUT2D eigenvalue weighted by molar-refractivity contribution is 6.00. The molecule has 1 saturated carbocycles. The molecule has 4 atom stereocenters. The van der Waals surface area contributed by atoms with Crippen molar-refractivity contribution in [3.8, 4) is 5.75 Å². The lowest BCUT2D eigenvalue weighted by atomic mass is 9.86. The number of hydrogen-bond acceptors (Lipinski definition) is 6. The fourth-order valence-electron chi connectivity index (χ4n) is 6.38. The van der Waals surface area contributed by atoms with Gasteiger partial charge in [0.1, 0.15) is 5.75 Å². The molecule has 0 radical (unpaired) electrons. The molecule has 2 amide bonds. The van der Waals surface area contributed by atoms with E-state index in [4.69, 9.17) is 15.5 Å². The zero-order chi connectivity index (χ0) is 26.4. The Balaban J connectivity index is 1.46. The van der Waals surface area contributed by atoms with Crippen molar-refractivity contribution in [3.63, 3.8) is 0 Å². The van der Waals surface area contributed by atoms with Crippen molar-refractivity contribution in [2.24, 2.45) is 28.0 Å². The van der Waals surface area contributed by atoms with E-state index in [1.54, 1.807) is 17.3 Å². The largest absolute Gasteiger partial charge is 0.493 e. The summed E-state index contributed by atoms with van der Waals surface area (Å²) in [6.07, 6.45) is 5.99. The average molecular weight is 504 g/mol. The number of ether oxygens (including phenoxy) is 1. The Hall–Kier alpha value is -3.42. The highest BCUT2D eigenvalue weighted by atomic mass is 16.5. The van der Waals surface area contributed by atoms with Crippen molar-refractivity contribution < 1.29 is 14.3 Å². The van der Waals surface area contributed by atoms with E-state index in [0.29, 0.717) is 19.4 Å². The van der Waals surface area contributed by atoms with Gasteiger partial charge in [-0.15, -0.1) is 0 Å². The van der Waals surface area contributed by atoms with E-state index in [1.165, 1.54) is 0 Å². The Kier molecular flexibility index (Phi) is 6.46. The topological polar surface area (TPSA) is 110 Å². The smallest absolute Gasteiger partial charge is 0.232 e. The molecule has 2 aliphatic heterocycles. The van der Waals surface area contributed by atoms with Gasteiger partial charge >= 0.3 is 0 Å². The van der Waals surface area contributed by atoms with Gasteiger partial charge in [0.25, 0.3) is 0 Å². The van der Waals surface area contributed by atoms with E-state index in [1.807, 2.05) is 50.2 Å². The molecule has 1 aliphatic carbocycles. The molecule has 37 heavy (non-hydrogen) atoms. The van der Waals surface area contributed by atoms with E-state index < -0.39 is 11.6 Å². The molecule has 8 heteroatoms. The van der Waals surface area contributed by atoms with Gasteiger partial charge in [0, 0.05) is 36.2 Å². The molecule has 3 unspecified atom stereocenters. The number of carbonyl (C=O) groups is 2. The number of para-hydroxylation sites is 1. The predicted molar refractivity (Wildman–Crippen MR) is 142 cm³/mol. The van der Waals surface area contributed by atoms with Crippen LogP contribution in [0.2, 0.25) is 0 Å². The zero-order valence-electron chi connectivity index (χ0n) is 22.1. The van der Waals surface area contributed by atoms with Gasteiger partial charge in [-0.2, -0.15) is 0 Å². The molecule has 2 aromatic rings. The summed E-state index contributed by atoms with van der Waals surface area (Å²) < 4.78 is 5.78. The Morgan fingerprint density at radius 3 is 2.65 bits per heavy atom. The van der Waals surface area contributed by atoms with Gasteiger partial charge in [0.15, 0.2) is 5.96 Å². The van der Waals surface area contributed by atoms with Gasteiger partial charge in [-0.25, -0.2) is 4.99 Å². The van der Waals surface area contributed by atoms with Crippen molar-refractivity contribution in [3.05, 3.63) is 59.9 Å². The van der Waals surface area contributed by atoms with Crippen LogP contribution in [0, 0.1) is 17.3 Å². The predicted octanol–water partition coefficient (Wildman–Crippen LogP) is 4.14. The number of nitrogens with one attached hydrogen (secondary N) is 1. The summed E-state index contributed by atoms with van der Waals surface area (Å²) in [5.74, 6) is 0.552. The minimum Gasteiger partial charge on any atom is -0.493 e. The van der Waals surface area contributed by atoms with Crippen LogP contribution in [0.4, 0.5) is 0 Å². The molecule has 3 heterocycles. The third kappa shape index (κ3) is 4.36. The third-order valence-electron chi connectivity index (χ3n) is 8.78. The maximum atomic E-state index is 13.8. The fraction of sp³-hybridized carbons (Fsp3) is 0.517. The fourth-order valence-corrected chi connectivity index (χ4v) is 6.38. The summed E-state index contributed by atoms with van der Waals surface area (Å²) in [5, 5.41) is 3.29. The van der Waals surface area contributed by atoms with Gasteiger partial charge in [-0.05, 0) is 36.0 Å². The first kappa shape index (κ1) is 25.2. The lowest BCUT2D eigenvalue weighted by Gasteiger charge is -2.40. The van der Waals surface area contributed by atoms with Crippen LogP contribution in [0.25, 0.3) is 0 Å². The summed E-state index contributed by atoms with van der Waals surface area (Å²) in [6, 6.07) is 11.1. The number of pyridine rings is 1. The molecule has 3 N–H and O–H groups in total. The lowest BCUT2D eigenvalue weighted by Crippen LogP contribution is -2.53. The monoisotopic (exact) mass is 503 g/mol. The van der Waals surface area contributed by atoms with E-state index in [2.05, 4.69) is 24.1 Å². The van der Waals surface area contributed by atoms with Crippen LogP contribution in [0.15, 0.2) is 53.8 Å². The van der Waals surface area contributed by atoms with Crippen molar-refractivity contribution in [2.45, 2.75) is 71.0 Å². The highest BCUT2D eigenvalue weighted by Gasteiger charge is 2.67. The number of aliphatic imine (C=N–C) groups is 1. The average Bonchev–Trinajstić information content (AvgIpc) is 3.47. The quantitative estimate of drug-likeness (QED) is 0.590. The first-order valence-corrected chi connectivity index (χ1v) is 13.3. The molecule has 1 aromatic carbocycles. The van der Waals surface area contributed by atoms with E-state index in [-0.39, 0.29) is 41.1 Å². The maximum absolute atomic E-state index is 13.8. The number of fused-ring (bicyclic) bond motifs is 1. The molecule has 0 spiro atoms. The van der Waals surface area contributed by atoms with Gasteiger partial charge in [-0.3, -0.25) is 19.5 Å². The minimum absolute atomic E-state index is 0.0120. The highest BCUT2D eigenvalue weighted by Crippen LogP contribution is 2.65. The van der Waals surface area contributed by atoms with Crippen LogP contribution in [-0.4, -0.2) is 39.8 Å². The third-order valence-corrected chi connectivity index (χ3v) is 8.78. The molecular weight excluding hydrogens is 466 g/mol. The van der Waals surface area contributed by atoms with Gasteiger partial charge in [0.2, 0.25) is 11.8 Å². The first-order chi connectivity index (χ1) is 17.7. The van der Waals surface area contributed by atoms with Crippen molar-refractivity contribution in [2.75, 3.05) is 6.61 Å². The van der Waals surface area contributed by atoms with Crippen LogP contribution in [-0.2, 0) is 9.59 Å². The summed E-state index contributed by atoms with van der Waals surface area (Å²) in [4.78, 5) is 38.2. The summed E-state index contributed by atoms with van der Waals surface area (Å²) in [7, 11) is 0. The van der Waals surface area contributed by atoms with Crippen LogP contribution in [0.5, 0.6) is 5.75 Å². The molecular formula is C29H37N5O3.